The molecule has 1 heterocycles. The van der Waals surface area contributed by atoms with Crippen LogP contribution in [0.1, 0.15) is 10.4 Å². The molecule has 1 N–H and O–H groups in total. The van der Waals surface area contributed by atoms with E-state index in [4.69, 9.17) is 11.6 Å². The smallest absolute Gasteiger partial charge is 0.257 e. The van der Waals surface area contributed by atoms with E-state index in [-0.39, 0.29) is 15.5 Å². The third kappa shape index (κ3) is 3.60. The molecule has 9 heteroatoms. The lowest BCUT2D eigenvalue weighted by molar-refractivity contribution is 0.102. The van der Waals surface area contributed by atoms with Crippen LogP contribution in [0.4, 0.5) is 5.13 Å². The first-order valence-electron chi connectivity index (χ1n) is 8.59. The standard InChI is InChI=1S/C20H16ClN3O3S2/c1-24(2)29(26,27)17-11-13(7-9-15(17)21)19(25)23-20-22-18-14-6-4-3-5-12(14)8-10-16(18)28-20/h3-11H,1-2H3,(H,22,23,25). The number of thiazole rings is 1. The molecule has 148 valence electrons. The zero-order chi connectivity index (χ0) is 20.8. The number of nitrogens with zero attached hydrogens (tertiary/aromatic N) is 2. The van der Waals surface area contributed by atoms with E-state index in [2.05, 4.69) is 10.3 Å². The summed E-state index contributed by atoms with van der Waals surface area (Å²) in [5, 5.41) is 5.33. The van der Waals surface area contributed by atoms with Gasteiger partial charge in [0.1, 0.15) is 4.90 Å². The molecular formula is C20H16ClN3O3S2. The molecule has 0 atom stereocenters. The number of benzene rings is 3. The summed E-state index contributed by atoms with van der Waals surface area (Å²) in [7, 11) is -0.960. The van der Waals surface area contributed by atoms with Crippen molar-refractivity contribution in [2.75, 3.05) is 19.4 Å². The molecule has 0 fully saturated rings. The van der Waals surface area contributed by atoms with Gasteiger partial charge < -0.3 is 0 Å². The maximum Gasteiger partial charge on any atom is 0.257 e. The lowest BCUT2D eigenvalue weighted by atomic mass is 10.1. The fraction of sp³-hybridized carbons (Fsp3) is 0.100. The summed E-state index contributed by atoms with van der Waals surface area (Å²) in [6, 6.07) is 16.0. The minimum Gasteiger partial charge on any atom is -0.298 e. The molecule has 4 aromatic rings. The Hall–Kier alpha value is -2.52. The summed E-state index contributed by atoms with van der Waals surface area (Å²) in [6.07, 6.45) is 0. The first kappa shape index (κ1) is 19.8. The molecular weight excluding hydrogens is 430 g/mol. The largest absolute Gasteiger partial charge is 0.298 e. The minimum absolute atomic E-state index is 0.0571. The molecule has 29 heavy (non-hydrogen) atoms. The summed E-state index contributed by atoms with van der Waals surface area (Å²) in [4.78, 5) is 17.2. The van der Waals surface area contributed by atoms with Gasteiger partial charge in [0, 0.05) is 25.0 Å². The zero-order valence-corrected chi connectivity index (χ0v) is 17.9. The summed E-state index contributed by atoms with van der Waals surface area (Å²) >= 11 is 7.41. The van der Waals surface area contributed by atoms with Crippen molar-refractivity contribution in [3.63, 3.8) is 0 Å². The number of rotatable bonds is 4. The molecule has 3 aromatic carbocycles. The van der Waals surface area contributed by atoms with Crippen LogP contribution in [0, 0.1) is 0 Å². The number of hydrogen-bond donors (Lipinski definition) is 1. The van der Waals surface area contributed by atoms with Crippen molar-refractivity contribution in [1.82, 2.24) is 9.29 Å². The Morgan fingerprint density at radius 1 is 1.10 bits per heavy atom. The second kappa shape index (κ2) is 7.38. The van der Waals surface area contributed by atoms with Crippen LogP contribution < -0.4 is 5.32 Å². The van der Waals surface area contributed by atoms with Crippen LogP contribution in [0.15, 0.2) is 59.5 Å². The number of carbonyl (C=O) groups is 1. The van der Waals surface area contributed by atoms with E-state index in [1.165, 1.54) is 43.6 Å². The normalized spacial score (nSPS) is 12.0. The fourth-order valence-electron chi connectivity index (χ4n) is 2.92. The monoisotopic (exact) mass is 445 g/mol. The van der Waals surface area contributed by atoms with Gasteiger partial charge in [-0.15, -0.1) is 0 Å². The van der Waals surface area contributed by atoms with Gasteiger partial charge in [-0.05, 0) is 29.7 Å². The fourth-order valence-corrected chi connectivity index (χ4v) is 5.19. The number of anilines is 1. The highest BCUT2D eigenvalue weighted by Gasteiger charge is 2.23. The van der Waals surface area contributed by atoms with Crippen molar-refractivity contribution >= 4 is 65.0 Å². The molecule has 0 aliphatic heterocycles. The van der Waals surface area contributed by atoms with Gasteiger partial charge in [-0.1, -0.05) is 53.3 Å². The van der Waals surface area contributed by atoms with Gasteiger partial charge in [0.25, 0.3) is 5.91 Å². The van der Waals surface area contributed by atoms with Gasteiger partial charge in [-0.2, -0.15) is 0 Å². The van der Waals surface area contributed by atoms with Gasteiger partial charge >= 0.3 is 0 Å². The van der Waals surface area contributed by atoms with Crippen LogP contribution in [-0.2, 0) is 10.0 Å². The highest BCUT2D eigenvalue weighted by Crippen LogP contribution is 2.32. The Morgan fingerprint density at radius 3 is 2.62 bits per heavy atom. The van der Waals surface area contributed by atoms with Crippen LogP contribution in [0.5, 0.6) is 0 Å². The maximum absolute atomic E-state index is 12.7. The van der Waals surface area contributed by atoms with Crippen LogP contribution in [0.3, 0.4) is 0 Å². The topological polar surface area (TPSA) is 79.4 Å². The number of amides is 1. The van der Waals surface area contributed by atoms with Gasteiger partial charge in [-0.25, -0.2) is 17.7 Å². The van der Waals surface area contributed by atoms with E-state index in [0.29, 0.717) is 5.13 Å². The lowest BCUT2D eigenvalue weighted by Crippen LogP contribution is -2.23. The Labute approximate surface area is 176 Å². The molecule has 4 rings (SSSR count). The molecule has 0 saturated heterocycles. The van der Waals surface area contributed by atoms with Crippen LogP contribution >= 0.6 is 22.9 Å². The van der Waals surface area contributed by atoms with Crippen LogP contribution in [0.2, 0.25) is 5.02 Å². The number of aromatic nitrogens is 1. The van der Waals surface area contributed by atoms with Crippen LogP contribution in [0.25, 0.3) is 21.0 Å². The average Bonchev–Trinajstić information content (AvgIpc) is 3.11. The summed E-state index contributed by atoms with van der Waals surface area (Å²) < 4.78 is 26.9. The predicted molar refractivity (Wildman–Crippen MR) is 117 cm³/mol. The molecule has 1 aromatic heterocycles. The quantitative estimate of drug-likeness (QED) is 0.497. The molecule has 6 nitrogen and oxygen atoms in total. The highest BCUT2D eigenvalue weighted by molar-refractivity contribution is 7.89. The first-order chi connectivity index (χ1) is 13.8. The molecule has 0 bridgehead atoms. The number of halogens is 1. The maximum atomic E-state index is 12.7. The van der Waals surface area contributed by atoms with Crippen molar-refractivity contribution < 1.29 is 13.2 Å². The number of sulfonamides is 1. The lowest BCUT2D eigenvalue weighted by Gasteiger charge is -2.13. The van der Waals surface area contributed by atoms with E-state index in [1.807, 2.05) is 36.4 Å². The Morgan fingerprint density at radius 2 is 1.86 bits per heavy atom. The zero-order valence-electron chi connectivity index (χ0n) is 15.5. The van der Waals surface area contributed by atoms with E-state index >= 15 is 0 Å². The Bertz CT molecular complexity index is 1360. The number of nitrogens with one attached hydrogen (secondary N) is 1. The first-order valence-corrected chi connectivity index (χ1v) is 11.2. The summed E-state index contributed by atoms with van der Waals surface area (Å²) in [5.41, 5.74) is 0.995. The number of fused-ring (bicyclic) bond motifs is 3. The molecule has 0 aliphatic rings. The molecule has 1 amide bonds. The summed E-state index contributed by atoms with van der Waals surface area (Å²) in [6.45, 7) is 0. The van der Waals surface area contributed by atoms with Gasteiger partial charge in [0.15, 0.2) is 5.13 Å². The van der Waals surface area contributed by atoms with Crippen molar-refractivity contribution in [2.24, 2.45) is 0 Å². The predicted octanol–water partition coefficient (Wildman–Crippen LogP) is 4.61. The Kier molecular flexibility index (Phi) is 5.04. The minimum atomic E-state index is -3.77. The number of hydrogen-bond acceptors (Lipinski definition) is 5. The molecule has 0 saturated carbocycles. The van der Waals surface area contributed by atoms with Crippen molar-refractivity contribution in [1.29, 1.82) is 0 Å². The van der Waals surface area contributed by atoms with Crippen molar-refractivity contribution in [3.05, 3.63) is 65.2 Å². The van der Waals surface area contributed by atoms with Gasteiger partial charge in [0.05, 0.1) is 15.2 Å². The third-order valence-electron chi connectivity index (χ3n) is 4.46. The van der Waals surface area contributed by atoms with Gasteiger partial charge in [0.2, 0.25) is 10.0 Å². The summed E-state index contributed by atoms with van der Waals surface area (Å²) in [5.74, 6) is -0.458. The molecule has 0 unspecified atom stereocenters. The molecule has 0 radical (unpaired) electrons. The molecule has 0 spiro atoms. The van der Waals surface area contributed by atoms with E-state index in [9.17, 15) is 13.2 Å². The molecule has 0 aliphatic carbocycles. The second-order valence-corrected chi connectivity index (χ2v) is 10.1. The third-order valence-corrected chi connectivity index (χ3v) is 7.69. The second-order valence-electron chi connectivity index (χ2n) is 6.54. The SMILES string of the molecule is CN(C)S(=O)(=O)c1cc(C(=O)Nc2nc3c(ccc4ccccc43)s2)ccc1Cl. The number of carbonyl (C=O) groups excluding carboxylic acids is 1. The van der Waals surface area contributed by atoms with E-state index < -0.39 is 15.9 Å². The van der Waals surface area contributed by atoms with Gasteiger partial charge in [-0.3, -0.25) is 10.1 Å². The average molecular weight is 446 g/mol. The van der Waals surface area contributed by atoms with E-state index in [0.717, 1.165) is 25.3 Å². The van der Waals surface area contributed by atoms with Crippen molar-refractivity contribution in [2.45, 2.75) is 4.90 Å². The Balaban J connectivity index is 1.69. The van der Waals surface area contributed by atoms with Crippen LogP contribution in [-0.4, -0.2) is 37.7 Å². The highest BCUT2D eigenvalue weighted by atomic mass is 35.5. The van der Waals surface area contributed by atoms with Crippen molar-refractivity contribution in [3.8, 4) is 0 Å². The van der Waals surface area contributed by atoms with E-state index in [1.54, 1.807) is 0 Å².